The molecule has 0 spiro atoms. The van der Waals surface area contributed by atoms with Crippen molar-refractivity contribution in [3.8, 4) is 11.4 Å². The van der Waals surface area contributed by atoms with Gasteiger partial charge in [-0.15, -0.1) is 0 Å². The van der Waals surface area contributed by atoms with Crippen molar-refractivity contribution in [1.29, 1.82) is 0 Å². The SMILES string of the molecule is CC(=O)Nc1ccc(S(=O)(=O)N(Cc2nc(-c3ccc(Cl)cc3)no2)C(C)C)cc1. The van der Waals surface area contributed by atoms with Crippen molar-refractivity contribution in [1.82, 2.24) is 14.4 Å². The summed E-state index contributed by atoms with van der Waals surface area (Å²) in [6, 6.07) is 12.6. The third-order valence-corrected chi connectivity index (χ3v) is 6.51. The second-order valence-corrected chi connectivity index (χ2v) is 9.20. The zero-order valence-electron chi connectivity index (χ0n) is 16.7. The van der Waals surface area contributed by atoms with Crippen LogP contribution in [0.25, 0.3) is 11.4 Å². The number of benzene rings is 2. The number of sulfonamides is 1. The second-order valence-electron chi connectivity index (χ2n) is 6.87. The standard InChI is InChI=1S/C20H21ClN4O4S/c1-13(2)25(30(27,28)18-10-8-17(9-11-18)22-14(3)26)12-19-23-20(24-29-19)15-4-6-16(21)7-5-15/h4-11,13H,12H2,1-3H3,(H,22,26). The third kappa shape index (κ3) is 5.05. The summed E-state index contributed by atoms with van der Waals surface area (Å²) in [6.45, 7) is 4.83. The van der Waals surface area contributed by atoms with E-state index in [4.69, 9.17) is 16.1 Å². The lowest BCUT2D eigenvalue weighted by atomic mass is 10.2. The van der Waals surface area contributed by atoms with Crippen molar-refractivity contribution in [3.63, 3.8) is 0 Å². The lowest BCUT2D eigenvalue weighted by Gasteiger charge is -2.24. The second kappa shape index (κ2) is 8.95. The summed E-state index contributed by atoms with van der Waals surface area (Å²) in [5.74, 6) is 0.289. The number of hydrogen-bond acceptors (Lipinski definition) is 6. The molecule has 0 aliphatic carbocycles. The van der Waals surface area contributed by atoms with E-state index in [0.717, 1.165) is 0 Å². The van der Waals surface area contributed by atoms with Crippen LogP contribution in [0.1, 0.15) is 26.7 Å². The van der Waals surface area contributed by atoms with Gasteiger partial charge in [0.05, 0.1) is 11.4 Å². The quantitative estimate of drug-likeness (QED) is 0.586. The van der Waals surface area contributed by atoms with Crippen molar-refractivity contribution in [3.05, 3.63) is 59.4 Å². The van der Waals surface area contributed by atoms with Crippen LogP contribution in [0.15, 0.2) is 57.9 Å². The molecule has 0 saturated heterocycles. The molecule has 0 aliphatic rings. The Bertz CT molecular complexity index is 1130. The van der Waals surface area contributed by atoms with Crippen molar-refractivity contribution in [2.45, 2.75) is 38.3 Å². The lowest BCUT2D eigenvalue weighted by Crippen LogP contribution is -2.36. The lowest BCUT2D eigenvalue weighted by molar-refractivity contribution is -0.114. The Morgan fingerprint density at radius 1 is 1.13 bits per heavy atom. The number of anilines is 1. The Labute approximate surface area is 179 Å². The molecule has 158 valence electrons. The minimum absolute atomic E-state index is 0.0754. The number of hydrogen-bond donors (Lipinski definition) is 1. The van der Waals surface area contributed by atoms with Gasteiger partial charge in [0.1, 0.15) is 0 Å². The van der Waals surface area contributed by atoms with E-state index in [1.165, 1.54) is 35.5 Å². The highest BCUT2D eigenvalue weighted by Crippen LogP contribution is 2.24. The van der Waals surface area contributed by atoms with Gasteiger partial charge in [0, 0.05) is 29.2 Å². The summed E-state index contributed by atoms with van der Waals surface area (Å²) in [6.07, 6.45) is 0. The van der Waals surface area contributed by atoms with Gasteiger partial charge in [-0.1, -0.05) is 16.8 Å². The Morgan fingerprint density at radius 2 is 1.77 bits per heavy atom. The number of carbonyl (C=O) groups excluding carboxylic acids is 1. The monoisotopic (exact) mass is 448 g/mol. The van der Waals surface area contributed by atoms with E-state index in [2.05, 4.69) is 15.5 Å². The summed E-state index contributed by atoms with van der Waals surface area (Å²) in [5, 5.41) is 7.13. The fourth-order valence-corrected chi connectivity index (χ4v) is 4.47. The Morgan fingerprint density at radius 3 is 2.33 bits per heavy atom. The van der Waals surface area contributed by atoms with Crippen LogP contribution in [-0.2, 0) is 21.4 Å². The van der Waals surface area contributed by atoms with E-state index >= 15 is 0 Å². The van der Waals surface area contributed by atoms with Crippen molar-refractivity contribution in [2.75, 3.05) is 5.32 Å². The molecule has 0 unspecified atom stereocenters. The maximum Gasteiger partial charge on any atom is 0.243 e. The van der Waals surface area contributed by atoms with Gasteiger partial charge in [-0.3, -0.25) is 4.79 Å². The molecule has 0 saturated carbocycles. The summed E-state index contributed by atoms with van der Waals surface area (Å²) < 4.78 is 32.9. The predicted molar refractivity (Wildman–Crippen MR) is 113 cm³/mol. The molecule has 1 amide bonds. The molecule has 1 heterocycles. The first kappa shape index (κ1) is 21.9. The summed E-state index contributed by atoms with van der Waals surface area (Å²) in [7, 11) is -3.83. The minimum atomic E-state index is -3.83. The van der Waals surface area contributed by atoms with Crippen LogP contribution in [0, 0.1) is 0 Å². The molecule has 1 aromatic heterocycles. The van der Waals surface area contributed by atoms with Crippen LogP contribution in [-0.4, -0.2) is 34.8 Å². The maximum atomic E-state index is 13.2. The Balaban J connectivity index is 1.83. The van der Waals surface area contributed by atoms with E-state index < -0.39 is 10.0 Å². The highest BCUT2D eigenvalue weighted by Gasteiger charge is 2.29. The first-order chi connectivity index (χ1) is 14.2. The summed E-state index contributed by atoms with van der Waals surface area (Å²) >= 11 is 5.89. The molecule has 0 aliphatic heterocycles. The molecular formula is C20H21ClN4O4S. The molecule has 0 bridgehead atoms. The van der Waals surface area contributed by atoms with Crippen molar-refractivity contribution >= 4 is 33.2 Å². The molecule has 8 nitrogen and oxygen atoms in total. The molecule has 0 atom stereocenters. The molecular weight excluding hydrogens is 428 g/mol. The highest BCUT2D eigenvalue weighted by atomic mass is 35.5. The van der Waals surface area contributed by atoms with Crippen molar-refractivity contribution in [2.24, 2.45) is 0 Å². The molecule has 10 heteroatoms. The van der Waals surface area contributed by atoms with Crippen LogP contribution in [0.5, 0.6) is 0 Å². The van der Waals surface area contributed by atoms with E-state index in [1.807, 2.05) is 0 Å². The normalized spacial score (nSPS) is 11.8. The molecule has 30 heavy (non-hydrogen) atoms. The van der Waals surface area contributed by atoms with Crippen LogP contribution < -0.4 is 5.32 Å². The summed E-state index contributed by atoms with van der Waals surface area (Å²) in [5.41, 5.74) is 1.23. The van der Waals surface area contributed by atoms with Crippen molar-refractivity contribution < 1.29 is 17.7 Å². The fourth-order valence-electron chi connectivity index (χ4n) is 2.76. The number of rotatable bonds is 7. The molecule has 0 fully saturated rings. The predicted octanol–water partition coefficient (Wildman–Crippen LogP) is 3.95. The van der Waals surface area contributed by atoms with Gasteiger partial charge < -0.3 is 9.84 Å². The zero-order valence-corrected chi connectivity index (χ0v) is 18.2. The molecule has 3 aromatic rings. The number of nitrogens with zero attached hydrogens (tertiary/aromatic N) is 3. The molecule has 0 radical (unpaired) electrons. The Kier molecular flexibility index (Phi) is 6.55. The van der Waals surface area contributed by atoms with Crippen LogP contribution in [0.2, 0.25) is 5.02 Å². The van der Waals surface area contributed by atoms with E-state index in [0.29, 0.717) is 22.1 Å². The zero-order chi connectivity index (χ0) is 21.9. The van der Waals surface area contributed by atoms with Crippen LogP contribution in [0.4, 0.5) is 5.69 Å². The first-order valence-electron chi connectivity index (χ1n) is 9.15. The van der Waals surface area contributed by atoms with Gasteiger partial charge in [-0.2, -0.15) is 9.29 Å². The van der Waals surface area contributed by atoms with E-state index in [1.54, 1.807) is 38.1 Å². The molecule has 1 N–H and O–H groups in total. The average Bonchev–Trinajstić information content (AvgIpc) is 3.15. The van der Waals surface area contributed by atoms with Crippen LogP contribution >= 0.6 is 11.6 Å². The van der Waals surface area contributed by atoms with Gasteiger partial charge in [0.15, 0.2) is 0 Å². The van der Waals surface area contributed by atoms with Crippen LogP contribution in [0.3, 0.4) is 0 Å². The maximum absolute atomic E-state index is 13.2. The topological polar surface area (TPSA) is 105 Å². The van der Waals surface area contributed by atoms with Gasteiger partial charge in [-0.25, -0.2) is 8.42 Å². The minimum Gasteiger partial charge on any atom is -0.338 e. The number of carbonyl (C=O) groups is 1. The number of aromatic nitrogens is 2. The van der Waals surface area contributed by atoms with Gasteiger partial charge in [0.2, 0.25) is 27.6 Å². The smallest absolute Gasteiger partial charge is 0.243 e. The number of nitrogens with one attached hydrogen (secondary N) is 1. The van der Waals surface area contributed by atoms with E-state index in [9.17, 15) is 13.2 Å². The highest BCUT2D eigenvalue weighted by molar-refractivity contribution is 7.89. The van der Waals surface area contributed by atoms with Gasteiger partial charge in [0.25, 0.3) is 0 Å². The summed E-state index contributed by atoms with van der Waals surface area (Å²) in [4.78, 5) is 15.6. The Hall–Kier alpha value is -2.75. The number of halogens is 1. The molecule has 2 aromatic carbocycles. The molecule has 3 rings (SSSR count). The van der Waals surface area contributed by atoms with Gasteiger partial charge >= 0.3 is 0 Å². The average molecular weight is 449 g/mol. The van der Waals surface area contributed by atoms with E-state index in [-0.39, 0.29) is 29.3 Å². The number of amides is 1. The van der Waals surface area contributed by atoms with Gasteiger partial charge in [-0.05, 0) is 62.4 Å². The third-order valence-electron chi connectivity index (χ3n) is 4.22. The fraction of sp³-hybridized carbons (Fsp3) is 0.250. The first-order valence-corrected chi connectivity index (χ1v) is 11.0. The largest absolute Gasteiger partial charge is 0.338 e.